The van der Waals surface area contributed by atoms with Gasteiger partial charge in [0.2, 0.25) is 11.7 Å². The second kappa shape index (κ2) is 9.33. The van der Waals surface area contributed by atoms with Gasteiger partial charge in [-0.05, 0) is 30.0 Å². The van der Waals surface area contributed by atoms with Crippen LogP contribution in [-0.4, -0.2) is 38.5 Å². The van der Waals surface area contributed by atoms with Crippen molar-refractivity contribution in [1.82, 2.24) is 4.98 Å². The highest BCUT2D eigenvalue weighted by Gasteiger charge is 2.12. The third kappa shape index (κ3) is 5.14. The molecule has 1 aromatic carbocycles. The first-order chi connectivity index (χ1) is 12.1. The summed E-state index contributed by atoms with van der Waals surface area (Å²) in [6, 6.07) is 3.54. The Labute approximate surface area is 155 Å². The number of nitrogens with zero attached hydrogens (tertiary/aromatic N) is 1. The van der Waals surface area contributed by atoms with E-state index >= 15 is 0 Å². The molecule has 134 valence electrons. The summed E-state index contributed by atoms with van der Waals surface area (Å²) < 4.78 is 15.9. The van der Waals surface area contributed by atoms with E-state index < -0.39 is 0 Å². The summed E-state index contributed by atoms with van der Waals surface area (Å²) in [5.74, 6) is 2.15. The van der Waals surface area contributed by atoms with E-state index in [1.54, 1.807) is 51.3 Å². The molecule has 0 saturated heterocycles. The summed E-state index contributed by atoms with van der Waals surface area (Å²) in [6.07, 6.45) is 5.13. The molecule has 0 saturated carbocycles. The molecule has 2 aromatic rings. The zero-order valence-corrected chi connectivity index (χ0v) is 16.1. The van der Waals surface area contributed by atoms with Crippen LogP contribution < -0.4 is 19.5 Å². The van der Waals surface area contributed by atoms with Gasteiger partial charge in [0.25, 0.3) is 0 Å². The van der Waals surface area contributed by atoms with Gasteiger partial charge in [0.1, 0.15) is 0 Å². The van der Waals surface area contributed by atoms with Crippen LogP contribution >= 0.6 is 23.1 Å². The number of ether oxygens (including phenoxy) is 3. The number of hydrogen-bond acceptors (Lipinski definition) is 7. The predicted octanol–water partition coefficient (Wildman–Crippen LogP) is 3.68. The summed E-state index contributed by atoms with van der Waals surface area (Å²) in [4.78, 5) is 16.4. The Kier molecular flexibility index (Phi) is 7.15. The number of aromatic nitrogens is 1. The van der Waals surface area contributed by atoms with Gasteiger partial charge >= 0.3 is 0 Å². The molecule has 0 aliphatic rings. The quantitative estimate of drug-likeness (QED) is 0.705. The average molecular weight is 380 g/mol. The first kappa shape index (κ1) is 19.1. The summed E-state index contributed by atoms with van der Waals surface area (Å²) in [6.45, 7) is 0. The minimum Gasteiger partial charge on any atom is -0.493 e. The summed E-state index contributed by atoms with van der Waals surface area (Å²) in [5.41, 5.74) is 1.72. The second-order valence-electron chi connectivity index (χ2n) is 4.86. The number of rotatable bonds is 8. The Morgan fingerprint density at radius 2 is 1.92 bits per heavy atom. The number of anilines is 1. The smallest absolute Gasteiger partial charge is 0.250 e. The predicted molar refractivity (Wildman–Crippen MR) is 103 cm³/mol. The number of methoxy groups -OCH3 is 3. The number of thioether (sulfide) groups is 1. The van der Waals surface area contributed by atoms with Crippen molar-refractivity contribution in [2.45, 2.75) is 5.75 Å². The van der Waals surface area contributed by atoms with E-state index in [0.29, 0.717) is 22.4 Å². The van der Waals surface area contributed by atoms with Crippen molar-refractivity contribution in [3.05, 3.63) is 34.8 Å². The highest BCUT2D eigenvalue weighted by Crippen LogP contribution is 2.38. The van der Waals surface area contributed by atoms with Crippen molar-refractivity contribution in [3.63, 3.8) is 0 Å². The molecule has 6 nitrogen and oxygen atoms in total. The first-order valence-corrected chi connectivity index (χ1v) is 9.61. The lowest BCUT2D eigenvalue weighted by Crippen LogP contribution is -2.07. The van der Waals surface area contributed by atoms with E-state index in [1.165, 1.54) is 17.4 Å². The fourth-order valence-electron chi connectivity index (χ4n) is 2.10. The molecular formula is C17H20N2O4S2. The standard InChI is InChI=1S/C17H20N2O4S2/c1-21-13-7-11(8-14(22-2)16(13)23-3)5-6-15(20)19-17-18-12(9-24-4)10-25-17/h5-8,10H,9H2,1-4H3,(H,18,19,20)/b6-5+. The van der Waals surface area contributed by atoms with E-state index in [1.807, 2.05) is 11.6 Å². The van der Waals surface area contributed by atoms with Crippen LogP contribution in [0.3, 0.4) is 0 Å². The molecule has 1 amide bonds. The molecule has 1 N–H and O–H groups in total. The van der Waals surface area contributed by atoms with E-state index in [0.717, 1.165) is 17.0 Å². The molecule has 0 bridgehead atoms. The van der Waals surface area contributed by atoms with Gasteiger partial charge in [0.05, 0.1) is 27.0 Å². The molecular weight excluding hydrogens is 360 g/mol. The van der Waals surface area contributed by atoms with Gasteiger partial charge < -0.3 is 14.2 Å². The molecule has 0 fully saturated rings. The van der Waals surface area contributed by atoms with Crippen LogP contribution in [0, 0.1) is 0 Å². The lowest BCUT2D eigenvalue weighted by molar-refractivity contribution is -0.111. The molecule has 1 heterocycles. The van der Waals surface area contributed by atoms with Crippen LogP contribution in [0.2, 0.25) is 0 Å². The third-order valence-corrected chi connectivity index (χ3v) is 4.58. The van der Waals surface area contributed by atoms with Gasteiger partial charge in [-0.25, -0.2) is 4.98 Å². The van der Waals surface area contributed by atoms with Crippen LogP contribution in [0.1, 0.15) is 11.3 Å². The Balaban J connectivity index is 2.10. The molecule has 0 aliphatic heterocycles. The molecule has 2 rings (SSSR count). The Morgan fingerprint density at radius 1 is 1.24 bits per heavy atom. The van der Waals surface area contributed by atoms with Crippen molar-refractivity contribution < 1.29 is 19.0 Å². The highest BCUT2D eigenvalue weighted by molar-refractivity contribution is 7.97. The van der Waals surface area contributed by atoms with Gasteiger partial charge in [0.15, 0.2) is 16.6 Å². The van der Waals surface area contributed by atoms with Crippen LogP contribution in [0.25, 0.3) is 6.08 Å². The zero-order valence-electron chi connectivity index (χ0n) is 14.5. The highest BCUT2D eigenvalue weighted by atomic mass is 32.2. The van der Waals surface area contributed by atoms with Crippen LogP contribution in [0.15, 0.2) is 23.6 Å². The average Bonchev–Trinajstić information content (AvgIpc) is 3.06. The molecule has 8 heteroatoms. The van der Waals surface area contributed by atoms with Crippen LogP contribution in [0.4, 0.5) is 5.13 Å². The number of nitrogens with one attached hydrogen (secondary N) is 1. The van der Waals surface area contributed by atoms with E-state index in [-0.39, 0.29) is 5.91 Å². The maximum absolute atomic E-state index is 12.1. The number of carbonyl (C=O) groups excluding carboxylic acids is 1. The van der Waals surface area contributed by atoms with Crippen molar-refractivity contribution >= 4 is 40.2 Å². The monoisotopic (exact) mass is 380 g/mol. The second-order valence-corrected chi connectivity index (χ2v) is 6.58. The molecule has 0 unspecified atom stereocenters. The van der Waals surface area contributed by atoms with Gasteiger partial charge in [-0.3, -0.25) is 10.1 Å². The molecule has 0 atom stereocenters. The zero-order chi connectivity index (χ0) is 18.2. The van der Waals surface area contributed by atoms with Crippen molar-refractivity contribution in [2.24, 2.45) is 0 Å². The summed E-state index contributed by atoms with van der Waals surface area (Å²) in [5, 5.41) is 5.28. The maximum Gasteiger partial charge on any atom is 0.250 e. The van der Waals surface area contributed by atoms with E-state index in [2.05, 4.69) is 10.3 Å². The number of benzene rings is 1. The molecule has 0 spiro atoms. The number of carbonyl (C=O) groups is 1. The van der Waals surface area contributed by atoms with Crippen molar-refractivity contribution in [3.8, 4) is 17.2 Å². The van der Waals surface area contributed by atoms with E-state index in [4.69, 9.17) is 14.2 Å². The Hall–Kier alpha value is -2.19. The van der Waals surface area contributed by atoms with Crippen LogP contribution in [0.5, 0.6) is 17.2 Å². The van der Waals surface area contributed by atoms with Crippen molar-refractivity contribution in [1.29, 1.82) is 0 Å². The third-order valence-electron chi connectivity index (χ3n) is 3.19. The van der Waals surface area contributed by atoms with Gasteiger partial charge in [-0.2, -0.15) is 11.8 Å². The van der Waals surface area contributed by atoms with Gasteiger partial charge in [-0.1, -0.05) is 0 Å². The molecule has 25 heavy (non-hydrogen) atoms. The summed E-state index contributed by atoms with van der Waals surface area (Å²) >= 11 is 3.10. The molecule has 0 aliphatic carbocycles. The lowest BCUT2D eigenvalue weighted by Gasteiger charge is -2.12. The lowest BCUT2D eigenvalue weighted by atomic mass is 10.1. The minimum atomic E-state index is -0.251. The first-order valence-electron chi connectivity index (χ1n) is 7.33. The van der Waals surface area contributed by atoms with Crippen molar-refractivity contribution in [2.75, 3.05) is 32.9 Å². The molecule has 1 aromatic heterocycles. The topological polar surface area (TPSA) is 69.7 Å². The van der Waals surface area contributed by atoms with E-state index in [9.17, 15) is 4.79 Å². The molecule has 0 radical (unpaired) electrons. The fourth-order valence-corrected chi connectivity index (χ4v) is 3.36. The largest absolute Gasteiger partial charge is 0.493 e. The number of thiazole rings is 1. The maximum atomic E-state index is 12.1. The van der Waals surface area contributed by atoms with Gasteiger partial charge in [-0.15, -0.1) is 11.3 Å². The normalized spacial score (nSPS) is 10.7. The Morgan fingerprint density at radius 3 is 2.48 bits per heavy atom. The number of amides is 1. The Bertz CT molecular complexity index is 734. The minimum absolute atomic E-state index is 0.251. The fraction of sp³-hybridized carbons (Fsp3) is 0.294. The number of hydrogen-bond donors (Lipinski definition) is 1. The SMILES string of the molecule is COc1cc(/C=C/C(=O)Nc2nc(CSC)cs2)cc(OC)c1OC. The van der Waals surface area contributed by atoms with Crippen LogP contribution in [-0.2, 0) is 10.5 Å². The summed E-state index contributed by atoms with van der Waals surface area (Å²) in [7, 11) is 4.64. The van der Waals surface area contributed by atoms with Gasteiger partial charge in [0, 0.05) is 17.2 Å².